The maximum absolute atomic E-state index is 13.1. The number of aliphatic carboxylic acids is 1. The van der Waals surface area contributed by atoms with Gasteiger partial charge in [0.1, 0.15) is 18.4 Å². The Balaban J connectivity index is 1.79. The van der Waals surface area contributed by atoms with Gasteiger partial charge in [0.15, 0.2) is 0 Å². The number of aryl methyl sites for hydroxylation is 1. The van der Waals surface area contributed by atoms with Gasteiger partial charge in [-0.05, 0) is 60.2 Å². The van der Waals surface area contributed by atoms with Crippen molar-refractivity contribution in [3.05, 3.63) is 94.5 Å². The van der Waals surface area contributed by atoms with E-state index in [1.54, 1.807) is 30.3 Å². The molecule has 0 bridgehead atoms. The summed E-state index contributed by atoms with van der Waals surface area (Å²) in [6.45, 7) is 4.00. The topological polar surface area (TPSA) is 131 Å². The van der Waals surface area contributed by atoms with Crippen molar-refractivity contribution < 1.29 is 24.2 Å². The van der Waals surface area contributed by atoms with Crippen LogP contribution >= 0.6 is 11.6 Å². The maximum Gasteiger partial charge on any atom is 0.326 e. The van der Waals surface area contributed by atoms with Gasteiger partial charge in [0.25, 0.3) is 5.91 Å². The lowest BCUT2D eigenvalue weighted by atomic mass is 9.99. The molecule has 0 saturated carbocycles. The summed E-state index contributed by atoms with van der Waals surface area (Å²) in [4.78, 5) is 37.7. The quantitative estimate of drug-likeness (QED) is 0.235. The van der Waals surface area contributed by atoms with Crippen LogP contribution in [0, 0.1) is 5.92 Å². The molecule has 8 nitrogen and oxygen atoms in total. The normalized spacial score (nSPS) is 13.1. The molecule has 0 aliphatic heterocycles. The Morgan fingerprint density at radius 1 is 1.00 bits per heavy atom. The number of ether oxygens (including phenoxy) is 1. The van der Waals surface area contributed by atoms with Crippen LogP contribution in [0.4, 0.5) is 5.69 Å². The lowest BCUT2D eigenvalue weighted by Gasteiger charge is -2.20. The molecule has 0 saturated heterocycles. The minimum Gasteiger partial charge on any atom is -0.487 e. The predicted molar refractivity (Wildman–Crippen MR) is 152 cm³/mol. The molecule has 206 valence electrons. The Hall–Kier alpha value is -3.88. The highest BCUT2D eigenvalue weighted by atomic mass is 35.5. The molecule has 9 heteroatoms. The highest BCUT2D eigenvalue weighted by Gasteiger charge is 2.23. The molecule has 3 atom stereocenters. The SMILES string of the molecule is CC[C@@H](C)[C@H](N)C(=O)Nc1ccc(C(=O)N[C@@H](CCc2ccccc2)C(=O)O)cc1OCc1ccc(Cl)cc1. The highest BCUT2D eigenvalue weighted by Crippen LogP contribution is 2.28. The number of carboxylic acid groups (broad SMARTS) is 1. The van der Waals surface area contributed by atoms with Crippen LogP contribution in [-0.2, 0) is 22.6 Å². The summed E-state index contributed by atoms with van der Waals surface area (Å²) in [5.41, 5.74) is 8.44. The van der Waals surface area contributed by atoms with Gasteiger partial charge in [0.2, 0.25) is 5.91 Å². The molecule has 39 heavy (non-hydrogen) atoms. The van der Waals surface area contributed by atoms with E-state index < -0.39 is 24.0 Å². The lowest BCUT2D eigenvalue weighted by Crippen LogP contribution is -2.41. The maximum atomic E-state index is 13.1. The van der Waals surface area contributed by atoms with Crippen molar-refractivity contribution >= 4 is 35.1 Å². The first-order chi connectivity index (χ1) is 18.7. The van der Waals surface area contributed by atoms with Gasteiger partial charge in [-0.2, -0.15) is 0 Å². The number of halogens is 1. The molecular weight excluding hydrogens is 518 g/mol. The van der Waals surface area contributed by atoms with Gasteiger partial charge in [-0.15, -0.1) is 0 Å². The summed E-state index contributed by atoms with van der Waals surface area (Å²) in [6.07, 6.45) is 1.46. The second-order valence-corrected chi connectivity index (χ2v) is 9.85. The third-order valence-corrected chi connectivity index (χ3v) is 6.79. The first-order valence-corrected chi connectivity index (χ1v) is 13.2. The van der Waals surface area contributed by atoms with Crippen molar-refractivity contribution in [3.8, 4) is 5.75 Å². The summed E-state index contributed by atoms with van der Waals surface area (Å²) >= 11 is 5.97. The van der Waals surface area contributed by atoms with Gasteiger partial charge < -0.3 is 26.2 Å². The molecule has 0 aliphatic rings. The van der Waals surface area contributed by atoms with Crippen molar-refractivity contribution in [2.45, 2.75) is 51.8 Å². The average molecular weight is 552 g/mol. The lowest BCUT2D eigenvalue weighted by molar-refractivity contribution is -0.139. The van der Waals surface area contributed by atoms with Gasteiger partial charge in [0.05, 0.1) is 11.7 Å². The average Bonchev–Trinajstić information content (AvgIpc) is 2.94. The molecule has 0 fully saturated rings. The Morgan fingerprint density at radius 2 is 1.69 bits per heavy atom. The van der Waals surface area contributed by atoms with Gasteiger partial charge in [0, 0.05) is 10.6 Å². The minimum absolute atomic E-state index is 0.0303. The number of carbonyl (C=O) groups is 3. The number of nitrogens with one attached hydrogen (secondary N) is 2. The van der Waals surface area contributed by atoms with Crippen LogP contribution in [0.3, 0.4) is 0 Å². The van der Waals surface area contributed by atoms with E-state index in [0.717, 1.165) is 17.5 Å². The fourth-order valence-electron chi connectivity index (χ4n) is 3.81. The number of carboxylic acids is 1. The van der Waals surface area contributed by atoms with Crippen LogP contribution in [0.15, 0.2) is 72.8 Å². The predicted octanol–water partition coefficient (Wildman–Crippen LogP) is 5.05. The van der Waals surface area contributed by atoms with Crippen molar-refractivity contribution in [3.63, 3.8) is 0 Å². The molecular formula is C30H34ClN3O5. The van der Waals surface area contributed by atoms with E-state index in [-0.39, 0.29) is 36.2 Å². The molecule has 0 radical (unpaired) electrons. The van der Waals surface area contributed by atoms with E-state index in [9.17, 15) is 19.5 Å². The third-order valence-electron chi connectivity index (χ3n) is 6.54. The van der Waals surface area contributed by atoms with Gasteiger partial charge in [-0.3, -0.25) is 9.59 Å². The Kier molecular flexibility index (Phi) is 10.9. The minimum atomic E-state index is -1.12. The van der Waals surface area contributed by atoms with Crippen molar-refractivity contribution in [1.29, 1.82) is 0 Å². The van der Waals surface area contributed by atoms with E-state index in [1.165, 1.54) is 12.1 Å². The summed E-state index contributed by atoms with van der Waals surface area (Å²) in [5.74, 6) is -1.84. The molecule has 0 aliphatic carbocycles. The molecule has 0 spiro atoms. The summed E-state index contributed by atoms with van der Waals surface area (Å²) in [7, 11) is 0. The monoisotopic (exact) mass is 551 g/mol. The molecule has 0 aromatic heterocycles. The van der Waals surface area contributed by atoms with E-state index >= 15 is 0 Å². The molecule has 3 aromatic rings. The number of nitrogens with two attached hydrogens (primary N) is 1. The number of hydrogen-bond acceptors (Lipinski definition) is 5. The van der Waals surface area contributed by atoms with Crippen LogP contribution in [0.1, 0.15) is 48.2 Å². The zero-order valence-electron chi connectivity index (χ0n) is 22.0. The molecule has 0 heterocycles. The zero-order valence-corrected chi connectivity index (χ0v) is 22.8. The van der Waals surface area contributed by atoms with Crippen LogP contribution in [0.2, 0.25) is 5.02 Å². The van der Waals surface area contributed by atoms with Crippen LogP contribution in [-0.4, -0.2) is 35.0 Å². The number of carbonyl (C=O) groups excluding carboxylic acids is 2. The number of benzene rings is 3. The Morgan fingerprint density at radius 3 is 2.33 bits per heavy atom. The van der Waals surface area contributed by atoms with Gasteiger partial charge >= 0.3 is 5.97 Å². The Bertz CT molecular complexity index is 1270. The standard InChI is InChI=1S/C30H34ClN3O5/c1-3-19(2)27(32)29(36)33-24-16-12-22(17-26(24)39-18-21-9-13-23(31)14-10-21)28(35)34-25(30(37)38)15-11-20-7-5-4-6-8-20/h4-10,12-14,16-17,19,25,27H,3,11,15,18,32H2,1-2H3,(H,33,36)(H,34,35)(H,37,38)/t19-,25+,27+/m1/s1. The highest BCUT2D eigenvalue weighted by molar-refractivity contribution is 6.30. The van der Waals surface area contributed by atoms with Crippen molar-refractivity contribution in [2.75, 3.05) is 5.32 Å². The third kappa shape index (κ3) is 8.84. The number of anilines is 1. The summed E-state index contributed by atoms with van der Waals surface area (Å²) in [6, 6.07) is 19.3. The van der Waals surface area contributed by atoms with E-state index in [0.29, 0.717) is 17.1 Å². The van der Waals surface area contributed by atoms with E-state index in [4.69, 9.17) is 22.1 Å². The molecule has 3 rings (SSSR count). The molecule has 3 aromatic carbocycles. The molecule has 0 unspecified atom stereocenters. The van der Waals surface area contributed by atoms with E-state index in [2.05, 4.69) is 10.6 Å². The number of hydrogen-bond donors (Lipinski definition) is 4. The summed E-state index contributed by atoms with van der Waals surface area (Å²) in [5, 5.41) is 15.7. The summed E-state index contributed by atoms with van der Waals surface area (Å²) < 4.78 is 5.98. The van der Waals surface area contributed by atoms with Gasteiger partial charge in [-0.25, -0.2) is 4.79 Å². The second-order valence-electron chi connectivity index (χ2n) is 9.42. The molecule has 5 N–H and O–H groups in total. The second kappa shape index (κ2) is 14.3. The number of rotatable bonds is 13. The Labute approximate surface area is 233 Å². The van der Waals surface area contributed by atoms with Gasteiger partial charge in [-0.1, -0.05) is 74.3 Å². The number of amides is 2. The van der Waals surface area contributed by atoms with Crippen LogP contribution in [0.5, 0.6) is 5.75 Å². The first-order valence-electron chi connectivity index (χ1n) is 12.8. The van der Waals surface area contributed by atoms with Crippen molar-refractivity contribution in [1.82, 2.24) is 5.32 Å². The first kappa shape index (κ1) is 29.7. The smallest absolute Gasteiger partial charge is 0.326 e. The van der Waals surface area contributed by atoms with Crippen molar-refractivity contribution in [2.24, 2.45) is 11.7 Å². The zero-order chi connectivity index (χ0) is 28.4. The van der Waals surface area contributed by atoms with Crippen LogP contribution < -0.4 is 21.1 Å². The fraction of sp³-hybridized carbons (Fsp3) is 0.300. The van der Waals surface area contributed by atoms with E-state index in [1.807, 2.05) is 44.2 Å². The largest absolute Gasteiger partial charge is 0.487 e. The van der Waals surface area contributed by atoms with Crippen LogP contribution in [0.25, 0.3) is 0 Å². The fourth-order valence-corrected chi connectivity index (χ4v) is 3.94. The molecule has 2 amide bonds.